The van der Waals surface area contributed by atoms with Gasteiger partial charge in [0, 0.05) is 32.3 Å². The molecule has 0 amide bonds. The second kappa shape index (κ2) is 11.6. The lowest BCUT2D eigenvalue weighted by Crippen LogP contribution is -2.38. The van der Waals surface area contributed by atoms with Gasteiger partial charge in [0.25, 0.3) is 5.69 Å². The molecule has 2 rings (SSSR count). The molecule has 7 heteroatoms. The Morgan fingerprint density at radius 3 is 2.18 bits per heavy atom. The van der Waals surface area contributed by atoms with Gasteiger partial charge in [0.2, 0.25) is 0 Å². The molecule has 0 fully saturated rings. The lowest BCUT2D eigenvalue weighted by atomic mass is 10.1. The lowest BCUT2D eigenvalue weighted by molar-refractivity contribution is -0.384. The molecule has 7 nitrogen and oxygen atoms in total. The Hall–Kier alpha value is -3.09. The predicted molar refractivity (Wildman–Crippen MR) is 112 cm³/mol. The number of hydrogen-bond donors (Lipinski definition) is 2. The van der Waals surface area contributed by atoms with Crippen molar-refractivity contribution in [2.75, 3.05) is 27.2 Å². The highest BCUT2D eigenvalue weighted by atomic mass is 16.6. The second-order valence-electron chi connectivity index (χ2n) is 6.40. The molecule has 0 bridgehead atoms. The molecule has 0 radical (unpaired) electrons. The number of nitrogens with zero attached hydrogens (tertiary/aromatic N) is 2. The second-order valence-corrected chi connectivity index (χ2v) is 6.40. The van der Waals surface area contributed by atoms with Crippen molar-refractivity contribution < 1.29 is 9.66 Å². The molecule has 0 heterocycles. The minimum Gasteiger partial charge on any atom is -0.497 e. The van der Waals surface area contributed by atoms with Gasteiger partial charge in [-0.3, -0.25) is 15.1 Å². The molecule has 0 aliphatic carbocycles. The summed E-state index contributed by atoms with van der Waals surface area (Å²) >= 11 is 0. The third-order valence-electron chi connectivity index (χ3n) is 4.42. The maximum atomic E-state index is 10.7. The molecule has 2 N–H and O–H groups in total. The summed E-state index contributed by atoms with van der Waals surface area (Å²) in [7, 11) is 3.43. The highest BCUT2D eigenvalue weighted by Gasteiger charge is 2.04. The molecule has 0 atom stereocenters. The zero-order chi connectivity index (χ0) is 20.2. The molecule has 0 unspecified atom stereocenters. The van der Waals surface area contributed by atoms with Crippen molar-refractivity contribution in [3.8, 4) is 5.75 Å². The third-order valence-corrected chi connectivity index (χ3v) is 4.42. The van der Waals surface area contributed by atoms with E-state index >= 15 is 0 Å². The molecule has 2 aromatic carbocycles. The van der Waals surface area contributed by atoms with E-state index in [0.29, 0.717) is 0 Å². The number of aliphatic imine (C=N–C) groups is 1. The van der Waals surface area contributed by atoms with Crippen molar-refractivity contribution in [2.24, 2.45) is 4.99 Å². The Morgan fingerprint density at radius 2 is 1.57 bits per heavy atom. The Kier molecular flexibility index (Phi) is 8.78. The van der Waals surface area contributed by atoms with Crippen LogP contribution in [0.1, 0.15) is 24.0 Å². The molecule has 0 saturated carbocycles. The first kappa shape index (κ1) is 21.2. The Morgan fingerprint density at radius 1 is 0.964 bits per heavy atom. The molecule has 0 aliphatic heterocycles. The number of methoxy groups -OCH3 is 1. The number of nitrogens with one attached hydrogen (secondary N) is 2. The minimum atomic E-state index is -0.374. The first-order chi connectivity index (χ1) is 13.6. The highest BCUT2D eigenvalue weighted by Crippen LogP contribution is 2.13. The molecule has 2 aromatic rings. The smallest absolute Gasteiger partial charge is 0.269 e. The van der Waals surface area contributed by atoms with Gasteiger partial charge in [-0.2, -0.15) is 0 Å². The molecule has 0 aliphatic rings. The van der Waals surface area contributed by atoms with Crippen molar-refractivity contribution in [3.63, 3.8) is 0 Å². The lowest BCUT2D eigenvalue weighted by Gasteiger charge is -2.12. The van der Waals surface area contributed by atoms with Crippen molar-refractivity contribution in [2.45, 2.75) is 25.7 Å². The molecule has 0 aromatic heterocycles. The van der Waals surface area contributed by atoms with Gasteiger partial charge >= 0.3 is 0 Å². The normalized spacial score (nSPS) is 11.1. The fourth-order valence-corrected chi connectivity index (χ4v) is 2.78. The average molecular weight is 384 g/mol. The van der Waals surface area contributed by atoms with E-state index in [4.69, 9.17) is 4.74 Å². The molecule has 0 saturated heterocycles. The van der Waals surface area contributed by atoms with Crippen LogP contribution in [0.25, 0.3) is 0 Å². The third kappa shape index (κ3) is 7.26. The maximum Gasteiger partial charge on any atom is 0.269 e. The molecule has 0 spiro atoms. The van der Waals surface area contributed by atoms with Gasteiger partial charge < -0.3 is 15.4 Å². The van der Waals surface area contributed by atoms with Crippen molar-refractivity contribution in [1.29, 1.82) is 0 Å². The zero-order valence-corrected chi connectivity index (χ0v) is 16.5. The van der Waals surface area contributed by atoms with Gasteiger partial charge in [0.05, 0.1) is 12.0 Å². The van der Waals surface area contributed by atoms with Gasteiger partial charge in [-0.1, -0.05) is 24.3 Å². The Labute approximate surface area is 166 Å². The van der Waals surface area contributed by atoms with E-state index in [1.807, 2.05) is 24.3 Å². The molecule has 28 heavy (non-hydrogen) atoms. The summed E-state index contributed by atoms with van der Waals surface area (Å²) in [6.45, 7) is 1.63. The summed E-state index contributed by atoms with van der Waals surface area (Å²) in [5, 5.41) is 17.3. The monoisotopic (exact) mass is 384 g/mol. The number of nitro groups is 1. The summed E-state index contributed by atoms with van der Waals surface area (Å²) in [5.74, 6) is 1.66. The van der Waals surface area contributed by atoms with E-state index in [1.165, 1.54) is 5.56 Å². The van der Waals surface area contributed by atoms with Crippen molar-refractivity contribution >= 4 is 11.6 Å². The van der Waals surface area contributed by atoms with Gasteiger partial charge in [-0.25, -0.2) is 0 Å². The fraction of sp³-hybridized carbons (Fsp3) is 0.381. The summed E-state index contributed by atoms with van der Waals surface area (Å²) in [6, 6.07) is 14.8. The van der Waals surface area contributed by atoms with E-state index in [9.17, 15) is 10.1 Å². The molecular formula is C21H28N4O3. The summed E-state index contributed by atoms with van der Waals surface area (Å²) in [4.78, 5) is 14.5. The fourth-order valence-electron chi connectivity index (χ4n) is 2.78. The van der Waals surface area contributed by atoms with Crippen LogP contribution in [-0.4, -0.2) is 38.1 Å². The van der Waals surface area contributed by atoms with Crippen LogP contribution in [0.2, 0.25) is 0 Å². The number of non-ortho nitro benzene ring substituents is 1. The van der Waals surface area contributed by atoms with Gasteiger partial charge in [0.15, 0.2) is 5.96 Å². The first-order valence-electron chi connectivity index (χ1n) is 9.43. The van der Waals surface area contributed by atoms with Crippen molar-refractivity contribution in [1.82, 2.24) is 10.6 Å². The summed E-state index contributed by atoms with van der Waals surface area (Å²) < 4.78 is 5.16. The Balaban J connectivity index is 1.60. The average Bonchev–Trinajstić information content (AvgIpc) is 2.73. The number of aryl methyl sites for hydroxylation is 1. The number of rotatable bonds is 10. The molecule has 150 valence electrons. The van der Waals surface area contributed by atoms with Crippen molar-refractivity contribution in [3.05, 3.63) is 69.8 Å². The van der Waals surface area contributed by atoms with Crippen LogP contribution in [0.15, 0.2) is 53.5 Å². The number of hydrogen-bond acceptors (Lipinski definition) is 4. The Bertz CT molecular complexity index is 758. The number of benzene rings is 2. The van der Waals surface area contributed by atoms with Crippen LogP contribution in [0.4, 0.5) is 5.69 Å². The largest absolute Gasteiger partial charge is 0.497 e. The van der Waals surface area contributed by atoms with Crippen LogP contribution in [0.5, 0.6) is 5.75 Å². The SMILES string of the molecule is CN=C(NCCCCc1ccc([N+](=O)[O-])cc1)NCCc1ccc(OC)cc1. The zero-order valence-electron chi connectivity index (χ0n) is 16.5. The highest BCUT2D eigenvalue weighted by molar-refractivity contribution is 5.79. The van der Waals surface area contributed by atoms with E-state index < -0.39 is 0 Å². The molecular weight excluding hydrogens is 356 g/mol. The van der Waals surface area contributed by atoms with Crippen LogP contribution >= 0.6 is 0 Å². The van der Waals surface area contributed by atoms with Crippen LogP contribution in [-0.2, 0) is 12.8 Å². The minimum absolute atomic E-state index is 0.134. The topological polar surface area (TPSA) is 88.8 Å². The standard InChI is InChI=1S/C21H28N4O3/c1-22-21(24-16-14-18-8-12-20(28-2)13-9-18)23-15-4-3-5-17-6-10-19(11-7-17)25(26)27/h6-13H,3-5,14-16H2,1-2H3,(H2,22,23,24). The van der Waals surface area contributed by atoms with Crippen LogP contribution < -0.4 is 15.4 Å². The van der Waals surface area contributed by atoms with E-state index in [0.717, 1.165) is 56.0 Å². The maximum absolute atomic E-state index is 10.7. The number of ether oxygens (including phenoxy) is 1. The van der Waals surface area contributed by atoms with E-state index in [2.05, 4.69) is 27.8 Å². The van der Waals surface area contributed by atoms with Gasteiger partial charge in [-0.05, 0) is 48.9 Å². The van der Waals surface area contributed by atoms with Gasteiger partial charge in [-0.15, -0.1) is 0 Å². The van der Waals surface area contributed by atoms with E-state index in [1.54, 1.807) is 26.3 Å². The van der Waals surface area contributed by atoms with Crippen LogP contribution in [0, 0.1) is 10.1 Å². The predicted octanol–water partition coefficient (Wildman–Crippen LogP) is 3.33. The number of nitro benzene ring substituents is 1. The van der Waals surface area contributed by atoms with Gasteiger partial charge in [0.1, 0.15) is 5.75 Å². The summed E-state index contributed by atoms with van der Waals surface area (Å²) in [6.07, 6.45) is 3.82. The van der Waals surface area contributed by atoms with E-state index in [-0.39, 0.29) is 10.6 Å². The number of unbranched alkanes of at least 4 members (excludes halogenated alkanes) is 1. The van der Waals surface area contributed by atoms with Crippen LogP contribution in [0.3, 0.4) is 0 Å². The number of guanidine groups is 1. The first-order valence-corrected chi connectivity index (χ1v) is 9.43. The summed E-state index contributed by atoms with van der Waals surface area (Å²) in [5.41, 5.74) is 2.49. The quantitative estimate of drug-likeness (QED) is 0.216.